The Bertz CT molecular complexity index is 457. The molecule has 1 heterocycles. The fourth-order valence-corrected chi connectivity index (χ4v) is 2.37. The van der Waals surface area contributed by atoms with Gasteiger partial charge in [0.15, 0.2) is 0 Å². The molecule has 1 nitrogen and oxygen atoms in total. The van der Waals surface area contributed by atoms with Crippen LogP contribution in [0.4, 0.5) is 0 Å². The fraction of sp³-hybridized carbons (Fsp3) is 0.385. The molecule has 0 radical (unpaired) electrons. The molecule has 0 fully saturated rings. The third kappa shape index (κ3) is 2.37. The lowest BCUT2D eigenvalue weighted by molar-refractivity contribution is 0.612. The predicted molar refractivity (Wildman–Crippen MR) is 66.5 cm³/mol. The van der Waals surface area contributed by atoms with Crippen molar-refractivity contribution < 1.29 is 4.42 Å². The van der Waals surface area contributed by atoms with Gasteiger partial charge in [-0.15, -0.1) is 11.8 Å². The lowest BCUT2D eigenvalue weighted by atomic mass is 10.2. The van der Waals surface area contributed by atoms with Gasteiger partial charge >= 0.3 is 0 Å². The highest BCUT2D eigenvalue weighted by Crippen LogP contribution is 2.27. The molecule has 15 heavy (non-hydrogen) atoms. The minimum atomic E-state index is 0.726. The van der Waals surface area contributed by atoms with Gasteiger partial charge in [-0.3, -0.25) is 0 Å². The SMILES string of the molecule is Cc1coc2cc(SCC(C)C)ccc12. The van der Waals surface area contributed by atoms with Crippen molar-refractivity contribution in [3.63, 3.8) is 0 Å². The first-order valence-corrected chi connectivity index (χ1v) is 6.26. The number of hydrogen-bond acceptors (Lipinski definition) is 2. The number of aryl methyl sites for hydroxylation is 1. The average Bonchev–Trinajstić information content (AvgIpc) is 2.57. The van der Waals surface area contributed by atoms with Crippen LogP contribution >= 0.6 is 11.8 Å². The topological polar surface area (TPSA) is 13.1 Å². The van der Waals surface area contributed by atoms with Gasteiger partial charge in [-0.05, 0) is 36.6 Å². The molecule has 0 saturated heterocycles. The fourth-order valence-electron chi connectivity index (χ4n) is 1.49. The summed E-state index contributed by atoms with van der Waals surface area (Å²) in [4.78, 5) is 1.30. The highest BCUT2D eigenvalue weighted by atomic mass is 32.2. The summed E-state index contributed by atoms with van der Waals surface area (Å²) in [5, 5.41) is 1.23. The van der Waals surface area contributed by atoms with E-state index in [2.05, 4.69) is 39.0 Å². The molecular weight excluding hydrogens is 204 g/mol. The van der Waals surface area contributed by atoms with Gasteiger partial charge in [0.1, 0.15) is 5.58 Å². The van der Waals surface area contributed by atoms with Crippen molar-refractivity contribution in [1.82, 2.24) is 0 Å². The standard InChI is InChI=1S/C13H16OS/c1-9(2)8-15-11-4-5-12-10(3)7-14-13(12)6-11/h4-7,9H,8H2,1-3H3. The highest BCUT2D eigenvalue weighted by Gasteiger charge is 2.03. The number of benzene rings is 1. The molecule has 0 N–H and O–H groups in total. The molecule has 0 aliphatic carbocycles. The zero-order chi connectivity index (χ0) is 10.8. The van der Waals surface area contributed by atoms with Crippen LogP contribution in [0.15, 0.2) is 33.8 Å². The largest absolute Gasteiger partial charge is 0.464 e. The van der Waals surface area contributed by atoms with E-state index in [4.69, 9.17) is 4.42 Å². The molecule has 1 aromatic heterocycles. The normalized spacial score (nSPS) is 11.5. The molecule has 2 rings (SSSR count). The van der Waals surface area contributed by atoms with Crippen molar-refractivity contribution in [3.05, 3.63) is 30.0 Å². The molecule has 1 aromatic carbocycles. The third-order valence-electron chi connectivity index (χ3n) is 2.32. The maximum Gasteiger partial charge on any atom is 0.135 e. The zero-order valence-electron chi connectivity index (χ0n) is 9.41. The molecule has 0 amide bonds. The lowest BCUT2D eigenvalue weighted by Gasteiger charge is -2.04. The van der Waals surface area contributed by atoms with Crippen molar-refractivity contribution in [2.45, 2.75) is 25.7 Å². The molecule has 80 valence electrons. The highest BCUT2D eigenvalue weighted by molar-refractivity contribution is 7.99. The van der Waals surface area contributed by atoms with Crippen LogP contribution in [0.1, 0.15) is 19.4 Å². The van der Waals surface area contributed by atoms with E-state index >= 15 is 0 Å². The lowest BCUT2D eigenvalue weighted by Crippen LogP contribution is -1.89. The van der Waals surface area contributed by atoms with E-state index in [0.29, 0.717) is 0 Å². The van der Waals surface area contributed by atoms with Gasteiger partial charge < -0.3 is 4.42 Å². The third-order valence-corrected chi connectivity index (χ3v) is 3.74. The van der Waals surface area contributed by atoms with Crippen LogP contribution in [-0.4, -0.2) is 5.75 Å². The maximum atomic E-state index is 5.48. The minimum Gasteiger partial charge on any atom is -0.464 e. The van der Waals surface area contributed by atoms with Crippen LogP contribution < -0.4 is 0 Å². The number of fused-ring (bicyclic) bond motifs is 1. The minimum absolute atomic E-state index is 0.726. The summed E-state index contributed by atoms with van der Waals surface area (Å²) in [7, 11) is 0. The Morgan fingerprint density at radius 1 is 1.33 bits per heavy atom. The Morgan fingerprint density at radius 3 is 2.87 bits per heavy atom. The van der Waals surface area contributed by atoms with Crippen molar-refractivity contribution in [3.8, 4) is 0 Å². The summed E-state index contributed by atoms with van der Waals surface area (Å²) in [6.07, 6.45) is 1.82. The summed E-state index contributed by atoms with van der Waals surface area (Å²) in [5.41, 5.74) is 2.21. The number of furan rings is 1. The molecule has 2 heteroatoms. The van der Waals surface area contributed by atoms with Gasteiger partial charge in [0.2, 0.25) is 0 Å². The van der Waals surface area contributed by atoms with Crippen molar-refractivity contribution in [2.24, 2.45) is 5.92 Å². The van der Waals surface area contributed by atoms with E-state index in [1.165, 1.54) is 15.8 Å². The van der Waals surface area contributed by atoms with Crippen LogP contribution in [0.2, 0.25) is 0 Å². The molecular formula is C13H16OS. The van der Waals surface area contributed by atoms with E-state index in [1.807, 2.05) is 18.0 Å². The second kappa shape index (κ2) is 4.31. The monoisotopic (exact) mass is 220 g/mol. The summed E-state index contributed by atoms with van der Waals surface area (Å²) < 4.78 is 5.48. The molecule has 0 unspecified atom stereocenters. The Balaban J connectivity index is 2.23. The van der Waals surface area contributed by atoms with Crippen LogP contribution in [0.5, 0.6) is 0 Å². The molecule has 0 aliphatic heterocycles. The average molecular weight is 220 g/mol. The molecule has 0 aliphatic rings. The number of rotatable bonds is 3. The summed E-state index contributed by atoms with van der Waals surface area (Å²) in [5.74, 6) is 1.88. The predicted octanol–water partition coefficient (Wildman–Crippen LogP) is 4.49. The number of thioether (sulfide) groups is 1. The first-order valence-electron chi connectivity index (χ1n) is 5.27. The van der Waals surface area contributed by atoms with Gasteiger partial charge in [0.25, 0.3) is 0 Å². The first kappa shape index (κ1) is 10.6. The summed E-state index contributed by atoms with van der Waals surface area (Å²) in [6, 6.07) is 6.46. The van der Waals surface area contributed by atoms with Crippen LogP contribution in [-0.2, 0) is 0 Å². The zero-order valence-corrected chi connectivity index (χ0v) is 10.2. The molecule has 0 saturated carbocycles. The second-order valence-electron chi connectivity index (χ2n) is 4.28. The van der Waals surface area contributed by atoms with Gasteiger partial charge in [0, 0.05) is 16.0 Å². The van der Waals surface area contributed by atoms with Crippen molar-refractivity contribution in [2.75, 3.05) is 5.75 Å². The Morgan fingerprint density at radius 2 is 2.13 bits per heavy atom. The van der Waals surface area contributed by atoms with E-state index in [0.717, 1.165) is 17.3 Å². The van der Waals surface area contributed by atoms with Gasteiger partial charge in [-0.1, -0.05) is 13.8 Å². The van der Waals surface area contributed by atoms with Crippen molar-refractivity contribution >= 4 is 22.7 Å². The van der Waals surface area contributed by atoms with Gasteiger partial charge in [-0.2, -0.15) is 0 Å². The molecule has 0 bridgehead atoms. The first-order chi connectivity index (χ1) is 7.16. The summed E-state index contributed by atoms with van der Waals surface area (Å²) >= 11 is 1.89. The van der Waals surface area contributed by atoms with Crippen LogP contribution in [0, 0.1) is 12.8 Å². The van der Waals surface area contributed by atoms with Gasteiger partial charge in [-0.25, -0.2) is 0 Å². The van der Waals surface area contributed by atoms with Crippen LogP contribution in [0.25, 0.3) is 11.0 Å². The molecule has 0 spiro atoms. The quantitative estimate of drug-likeness (QED) is 0.707. The van der Waals surface area contributed by atoms with Crippen LogP contribution in [0.3, 0.4) is 0 Å². The number of hydrogen-bond donors (Lipinski definition) is 0. The van der Waals surface area contributed by atoms with E-state index in [1.54, 1.807) is 0 Å². The van der Waals surface area contributed by atoms with E-state index in [9.17, 15) is 0 Å². The van der Waals surface area contributed by atoms with E-state index < -0.39 is 0 Å². The van der Waals surface area contributed by atoms with E-state index in [-0.39, 0.29) is 0 Å². The smallest absolute Gasteiger partial charge is 0.135 e. The Hall–Kier alpha value is -0.890. The summed E-state index contributed by atoms with van der Waals surface area (Å²) in [6.45, 7) is 6.55. The molecule has 2 aromatic rings. The Kier molecular flexibility index (Phi) is 3.06. The van der Waals surface area contributed by atoms with Crippen molar-refractivity contribution in [1.29, 1.82) is 0 Å². The maximum absolute atomic E-state index is 5.48. The van der Waals surface area contributed by atoms with Gasteiger partial charge in [0.05, 0.1) is 6.26 Å². The molecule has 0 atom stereocenters. The Labute approximate surface area is 94.9 Å². The second-order valence-corrected chi connectivity index (χ2v) is 5.37.